The van der Waals surface area contributed by atoms with Gasteiger partial charge in [-0.05, 0) is 55.8 Å². The first-order valence-electron chi connectivity index (χ1n) is 11.0. The van der Waals surface area contributed by atoms with Crippen LogP contribution in [-0.4, -0.2) is 30.6 Å². The average molecular weight is 492 g/mol. The van der Waals surface area contributed by atoms with Crippen LogP contribution in [0.1, 0.15) is 40.3 Å². The number of nitrogens with two attached hydrogens (primary N) is 1. The first kappa shape index (κ1) is 24.2. The van der Waals surface area contributed by atoms with Gasteiger partial charge in [-0.3, -0.25) is 14.9 Å². The molecule has 0 spiro atoms. The number of carbonyl (C=O) groups excluding carboxylic acids is 2. The molecule has 4 rings (SSSR count). The minimum absolute atomic E-state index is 0.0477. The van der Waals surface area contributed by atoms with E-state index in [2.05, 4.69) is 5.32 Å². The Labute approximate surface area is 203 Å². The zero-order valence-corrected chi connectivity index (χ0v) is 20.1. The third kappa shape index (κ3) is 4.96. The third-order valence-corrected chi connectivity index (χ3v) is 7.58. The highest BCUT2D eigenvalue weighted by Crippen LogP contribution is 2.28. The molecule has 0 radical (unpaired) electrons. The van der Waals surface area contributed by atoms with E-state index in [-0.39, 0.29) is 34.5 Å². The first-order chi connectivity index (χ1) is 16.7. The molecule has 0 aliphatic rings. The number of nitrogens with zero attached hydrogens (tertiary/aromatic N) is 1. The summed E-state index contributed by atoms with van der Waals surface area (Å²) < 4.78 is 33.5. The number of carbonyl (C=O) groups is 2. The number of hydrogen-bond acceptors (Lipinski definition) is 6. The van der Waals surface area contributed by atoms with Gasteiger partial charge in [-0.15, -0.1) is 0 Å². The van der Waals surface area contributed by atoms with Crippen LogP contribution in [0.25, 0.3) is 11.0 Å². The van der Waals surface area contributed by atoms with Gasteiger partial charge in [0, 0.05) is 23.5 Å². The molecule has 8 nitrogen and oxygen atoms in total. The summed E-state index contributed by atoms with van der Waals surface area (Å²) in [5.41, 5.74) is 7.55. The van der Waals surface area contributed by atoms with E-state index in [9.17, 15) is 18.0 Å². The Morgan fingerprint density at radius 2 is 1.54 bits per heavy atom. The van der Waals surface area contributed by atoms with Gasteiger partial charge in [0.1, 0.15) is 5.58 Å². The number of benzene rings is 3. The van der Waals surface area contributed by atoms with Crippen LogP contribution in [0.5, 0.6) is 0 Å². The molecule has 2 amide bonds. The van der Waals surface area contributed by atoms with E-state index < -0.39 is 21.8 Å². The van der Waals surface area contributed by atoms with Crippen LogP contribution in [0.3, 0.4) is 0 Å². The largest absolute Gasteiger partial charge is 0.449 e. The number of rotatable bonds is 7. The van der Waals surface area contributed by atoms with Crippen LogP contribution in [-0.2, 0) is 16.6 Å². The minimum atomic E-state index is -3.82. The molecule has 0 fully saturated rings. The summed E-state index contributed by atoms with van der Waals surface area (Å²) in [6.07, 6.45) is 0. The summed E-state index contributed by atoms with van der Waals surface area (Å²) in [5.74, 6) is -1.65. The third-order valence-electron chi connectivity index (χ3n) is 5.55. The highest BCUT2D eigenvalue weighted by atomic mass is 32.2. The van der Waals surface area contributed by atoms with Crippen molar-refractivity contribution in [2.24, 2.45) is 0 Å². The molecule has 1 heterocycles. The van der Waals surface area contributed by atoms with Crippen molar-refractivity contribution in [1.29, 1.82) is 0 Å². The van der Waals surface area contributed by atoms with Crippen molar-refractivity contribution in [3.05, 3.63) is 95.7 Å². The summed E-state index contributed by atoms with van der Waals surface area (Å²) >= 11 is 0. The van der Waals surface area contributed by atoms with Crippen molar-refractivity contribution in [2.45, 2.75) is 31.3 Å². The van der Waals surface area contributed by atoms with Crippen molar-refractivity contribution >= 4 is 38.5 Å². The average Bonchev–Trinajstić information content (AvgIpc) is 3.19. The number of nitrogen functional groups attached to an aromatic ring is 1. The second kappa shape index (κ2) is 9.73. The number of hydrogen-bond donors (Lipinski definition) is 2. The fourth-order valence-electron chi connectivity index (χ4n) is 3.69. The fraction of sp³-hybridized carbons (Fsp3) is 0.154. The zero-order valence-electron chi connectivity index (χ0n) is 19.3. The van der Waals surface area contributed by atoms with Crippen molar-refractivity contribution in [2.75, 3.05) is 5.73 Å². The van der Waals surface area contributed by atoms with Gasteiger partial charge in [-0.25, -0.2) is 8.42 Å². The van der Waals surface area contributed by atoms with E-state index in [1.807, 2.05) is 30.3 Å². The lowest BCUT2D eigenvalue weighted by atomic mass is 10.2. The van der Waals surface area contributed by atoms with Crippen LogP contribution in [0.15, 0.2) is 88.2 Å². The number of amides is 2. The van der Waals surface area contributed by atoms with Crippen molar-refractivity contribution < 1.29 is 22.4 Å². The lowest BCUT2D eigenvalue weighted by molar-refractivity contribution is 0.0834. The lowest BCUT2D eigenvalue weighted by Gasteiger charge is -2.26. The highest BCUT2D eigenvalue weighted by molar-refractivity contribution is 7.89. The Morgan fingerprint density at radius 3 is 2.17 bits per heavy atom. The molecule has 0 bridgehead atoms. The van der Waals surface area contributed by atoms with E-state index >= 15 is 0 Å². The number of fused-ring (bicyclic) bond motifs is 1. The van der Waals surface area contributed by atoms with Gasteiger partial charge < -0.3 is 10.2 Å². The molecular weight excluding hydrogens is 466 g/mol. The monoisotopic (exact) mass is 491 g/mol. The van der Waals surface area contributed by atoms with Crippen LogP contribution in [0, 0.1) is 0 Å². The summed E-state index contributed by atoms with van der Waals surface area (Å²) in [6.45, 7) is 3.83. The van der Waals surface area contributed by atoms with Gasteiger partial charge in [0.25, 0.3) is 11.8 Å². The predicted molar refractivity (Wildman–Crippen MR) is 133 cm³/mol. The number of imide groups is 1. The second-order valence-electron chi connectivity index (χ2n) is 8.28. The smallest absolute Gasteiger partial charge is 0.296 e. The molecule has 0 saturated carbocycles. The summed E-state index contributed by atoms with van der Waals surface area (Å²) in [6, 6.07) is 21.3. The van der Waals surface area contributed by atoms with Gasteiger partial charge in [0.15, 0.2) is 0 Å². The molecule has 0 aliphatic heterocycles. The van der Waals surface area contributed by atoms with Crippen molar-refractivity contribution in [3.8, 4) is 0 Å². The van der Waals surface area contributed by atoms with Gasteiger partial charge in [0.2, 0.25) is 15.8 Å². The Kier molecular flexibility index (Phi) is 6.72. The second-order valence-corrected chi connectivity index (χ2v) is 10.2. The molecule has 0 saturated heterocycles. The Balaban J connectivity index is 1.51. The maximum atomic E-state index is 13.3. The number of para-hydroxylation sites is 1. The topological polar surface area (TPSA) is 123 Å². The van der Waals surface area contributed by atoms with Gasteiger partial charge in [0.05, 0.1) is 10.6 Å². The van der Waals surface area contributed by atoms with Gasteiger partial charge in [-0.2, -0.15) is 4.31 Å². The minimum Gasteiger partial charge on any atom is -0.449 e. The Hall–Kier alpha value is -3.95. The molecule has 0 unspecified atom stereocenters. The van der Waals surface area contributed by atoms with E-state index in [1.54, 1.807) is 38.1 Å². The maximum absolute atomic E-state index is 13.3. The van der Waals surface area contributed by atoms with Gasteiger partial charge >= 0.3 is 0 Å². The summed E-state index contributed by atoms with van der Waals surface area (Å²) in [5, 5.41) is 2.81. The van der Waals surface area contributed by atoms with E-state index in [0.717, 1.165) is 5.56 Å². The van der Waals surface area contributed by atoms with Crippen molar-refractivity contribution in [3.63, 3.8) is 0 Å². The van der Waals surface area contributed by atoms with Crippen molar-refractivity contribution in [1.82, 2.24) is 9.62 Å². The van der Waals surface area contributed by atoms with Crippen LogP contribution >= 0.6 is 0 Å². The normalized spacial score (nSPS) is 11.8. The molecular formula is C26H25N3O5S. The van der Waals surface area contributed by atoms with Crippen LogP contribution < -0.4 is 11.1 Å². The molecule has 35 heavy (non-hydrogen) atoms. The zero-order chi connectivity index (χ0) is 25.2. The molecule has 0 aliphatic carbocycles. The van der Waals surface area contributed by atoms with E-state index in [0.29, 0.717) is 11.0 Å². The molecule has 0 atom stereocenters. The maximum Gasteiger partial charge on any atom is 0.296 e. The van der Waals surface area contributed by atoms with E-state index in [1.165, 1.54) is 28.6 Å². The standard InChI is InChI=1S/C26H25N3O5S/c1-17(2)29(16-18-8-4-3-5-9-18)35(32,33)20-14-12-19(13-15-20)25(30)28-26(31)24-23(27)21-10-6-7-11-22(21)34-24/h3-15,17H,16,27H2,1-2H3,(H,28,30,31). The van der Waals surface area contributed by atoms with Crippen LogP contribution in [0.2, 0.25) is 0 Å². The summed E-state index contributed by atoms with van der Waals surface area (Å²) in [4.78, 5) is 25.2. The lowest BCUT2D eigenvalue weighted by Crippen LogP contribution is -2.36. The van der Waals surface area contributed by atoms with E-state index in [4.69, 9.17) is 10.2 Å². The number of furan rings is 1. The highest BCUT2D eigenvalue weighted by Gasteiger charge is 2.28. The first-order valence-corrected chi connectivity index (χ1v) is 12.4. The quantitative estimate of drug-likeness (QED) is 0.374. The fourth-order valence-corrected chi connectivity index (χ4v) is 5.31. The SMILES string of the molecule is CC(C)N(Cc1ccccc1)S(=O)(=O)c1ccc(C(=O)NC(=O)c2oc3ccccc3c2N)cc1. The van der Waals surface area contributed by atoms with Crippen LogP contribution in [0.4, 0.5) is 5.69 Å². The number of anilines is 1. The summed E-state index contributed by atoms with van der Waals surface area (Å²) in [7, 11) is -3.82. The Morgan fingerprint density at radius 1 is 0.914 bits per heavy atom. The molecule has 180 valence electrons. The molecule has 4 aromatic rings. The predicted octanol–water partition coefficient (Wildman–Crippen LogP) is 4.18. The molecule has 3 N–H and O–H groups in total. The number of sulfonamides is 1. The molecule has 3 aromatic carbocycles. The Bertz CT molecular complexity index is 1480. The van der Waals surface area contributed by atoms with Gasteiger partial charge in [-0.1, -0.05) is 42.5 Å². The number of nitrogens with one attached hydrogen (secondary N) is 1. The molecule has 9 heteroatoms. The molecule has 1 aromatic heterocycles.